The second-order valence-electron chi connectivity index (χ2n) is 8.32. The molecule has 0 aliphatic carbocycles. The Balaban J connectivity index is 1.60. The predicted octanol–water partition coefficient (Wildman–Crippen LogP) is 6.90. The molecule has 174 valence electrons. The van der Waals surface area contributed by atoms with Crippen LogP contribution in [0.2, 0.25) is 0 Å². The SMILES string of the molecule is Cc1ccsc1Oc1ccc(CCCC(=O)O)c(C(=O)N[C@H](C)c2cccc3ccccc23)c1. The first kappa shape index (κ1) is 23.5. The number of fused-ring (bicyclic) bond motifs is 1. The van der Waals surface area contributed by atoms with Gasteiger partial charge in [0.25, 0.3) is 5.91 Å². The van der Waals surface area contributed by atoms with Crippen molar-refractivity contribution in [3.05, 3.63) is 94.4 Å². The average Bonchev–Trinajstić information content (AvgIpc) is 3.23. The van der Waals surface area contributed by atoms with Gasteiger partial charge in [0.05, 0.1) is 6.04 Å². The topological polar surface area (TPSA) is 75.6 Å². The van der Waals surface area contributed by atoms with E-state index in [1.807, 2.05) is 61.7 Å². The molecule has 0 bridgehead atoms. The first-order valence-electron chi connectivity index (χ1n) is 11.3. The van der Waals surface area contributed by atoms with Gasteiger partial charge in [-0.3, -0.25) is 9.59 Å². The summed E-state index contributed by atoms with van der Waals surface area (Å²) in [7, 11) is 0. The summed E-state index contributed by atoms with van der Waals surface area (Å²) in [4.78, 5) is 24.4. The molecule has 1 atom stereocenters. The van der Waals surface area contributed by atoms with Gasteiger partial charge < -0.3 is 15.2 Å². The normalized spacial score (nSPS) is 11.8. The van der Waals surface area contributed by atoms with Crippen LogP contribution in [0.25, 0.3) is 10.8 Å². The van der Waals surface area contributed by atoms with Gasteiger partial charge in [-0.25, -0.2) is 0 Å². The zero-order chi connectivity index (χ0) is 24.1. The second-order valence-corrected chi connectivity index (χ2v) is 9.20. The molecule has 4 rings (SSSR count). The molecule has 34 heavy (non-hydrogen) atoms. The third kappa shape index (κ3) is 5.46. The van der Waals surface area contributed by atoms with E-state index in [4.69, 9.17) is 9.84 Å². The Hall–Kier alpha value is -3.64. The highest BCUT2D eigenvalue weighted by atomic mass is 32.1. The summed E-state index contributed by atoms with van der Waals surface area (Å²) in [6.45, 7) is 3.95. The number of carbonyl (C=O) groups is 2. The predicted molar refractivity (Wildman–Crippen MR) is 136 cm³/mol. The Morgan fingerprint density at radius 2 is 1.85 bits per heavy atom. The van der Waals surface area contributed by atoms with Crippen LogP contribution in [0.15, 0.2) is 72.1 Å². The molecule has 0 unspecified atom stereocenters. The zero-order valence-corrected chi connectivity index (χ0v) is 20.0. The van der Waals surface area contributed by atoms with E-state index in [-0.39, 0.29) is 18.4 Å². The number of aryl methyl sites for hydroxylation is 2. The zero-order valence-electron chi connectivity index (χ0n) is 19.2. The maximum atomic E-state index is 13.4. The summed E-state index contributed by atoms with van der Waals surface area (Å²) in [6.07, 6.45) is 1.01. The maximum Gasteiger partial charge on any atom is 0.303 e. The van der Waals surface area contributed by atoms with Crippen molar-refractivity contribution >= 4 is 34.0 Å². The van der Waals surface area contributed by atoms with Crippen molar-refractivity contribution < 1.29 is 19.4 Å². The molecule has 0 spiro atoms. The molecule has 1 heterocycles. The number of nitrogens with one attached hydrogen (secondary N) is 1. The molecule has 3 aromatic carbocycles. The van der Waals surface area contributed by atoms with Gasteiger partial charge in [-0.2, -0.15) is 0 Å². The van der Waals surface area contributed by atoms with Crippen LogP contribution in [-0.4, -0.2) is 17.0 Å². The minimum Gasteiger partial charge on any atom is -0.481 e. The van der Waals surface area contributed by atoms with Crippen LogP contribution in [0, 0.1) is 6.92 Å². The minimum atomic E-state index is -0.844. The van der Waals surface area contributed by atoms with Gasteiger partial charge in [-0.15, -0.1) is 11.3 Å². The Kier molecular flexibility index (Phi) is 7.28. The summed E-state index contributed by atoms with van der Waals surface area (Å²) >= 11 is 1.50. The van der Waals surface area contributed by atoms with Gasteiger partial charge in [-0.1, -0.05) is 48.5 Å². The number of hydrogen-bond acceptors (Lipinski definition) is 4. The van der Waals surface area contributed by atoms with Crippen molar-refractivity contribution in [2.75, 3.05) is 0 Å². The molecule has 6 heteroatoms. The van der Waals surface area contributed by atoms with Crippen molar-refractivity contribution in [1.29, 1.82) is 0 Å². The molecule has 0 radical (unpaired) electrons. The number of amides is 1. The number of benzene rings is 3. The molecule has 2 N–H and O–H groups in total. The van der Waals surface area contributed by atoms with E-state index in [2.05, 4.69) is 23.5 Å². The number of carboxylic acids is 1. The minimum absolute atomic E-state index is 0.0557. The van der Waals surface area contributed by atoms with Crippen LogP contribution in [0.5, 0.6) is 10.8 Å². The van der Waals surface area contributed by atoms with Gasteiger partial charge in [0, 0.05) is 17.5 Å². The number of carbonyl (C=O) groups excluding carboxylic acids is 1. The number of hydrogen-bond donors (Lipinski definition) is 2. The Morgan fingerprint density at radius 3 is 2.62 bits per heavy atom. The second kappa shape index (κ2) is 10.5. The van der Waals surface area contributed by atoms with Crippen LogP contribution in [-0.2, 0) is 11.2 Å². The van der Waals surface area contributed by atoms with Gasteiger partial charge in [0.2, 0.25) is 0 Å². The van der Waals surface area contributed by atoms with E-state index in [9.17, 15) is 9.59 Å². The van der Waals surface area contributed by atoms with Gasteiger partial charge in [0.1, 0.15) is 5.75 Å². The average molecular weight is 474 g/mol. The summed E-state index contributed by atoms with van der Waals surface area (Å²) in [5, 5.41) is 17.1. The lowest BCUT2D eigenvalue weighted by Crippen LogP contribution is -2.27. The number of ether oxygens (including phenoxy) is 1. The van der Waals surface area contributed by atoms with Crippen molar-refractivity contribution in [3.8, 4) is 10.8 Å². The highest BCUT2D eigenvalue weighted by molar-refractivity contribution is 7.12. The maximum absolute atomic E-state index is 13.4. The third-order valence-electron chi connectivity index (χ3n) is 5.83. The third-order valence-corrected chi connectivity index (χ3v) is 6.72. The van der Waals surface area contributed by atoms with Crippen LogP contribution in [0.1, 0.15) is 52.9 Å². The van der Waals surface area contributed by atoms with Crippen LogP contribution in [0.3, 0.4) is 0 Å². The molecular weight excluding hydrogens is 446 g/mol. The lowest BCUT2D eigenvalue weighted by atomic mass is 9.98. The van der Waals surface area contributed by atoms with Crippen molar-refractivity contribution in [3.63, 3.8) is 0 Å². The van der Waals surface area contributed by atoms with Gasteiger partial charge in [0.15, 0.2) is 5.06 Å². The Labute approximate surface area is 203 Å². The van der Waals surface area contributed by atoms with E-state index in [1.54, 1.807) is 6.07 Å². The quantitative estimate of drug-likeness (QED) is 0.277. The molecule has 0 fully saturated rings. The Morgan fingerprint density at radius 1 is 1.06 bits per heavy atom. The fraction of sp³-hybridized carbons (Fsp3) is 0.214. The van der Waals surface area contributed by atoms with Crippen molar-refractivity contribution in [1.82, 2.24) is 5.32 Å². The standard InChI is InChI=1S/C28H27NO4S/c1-18-15-16-34-28(18)33-22-14-13-21(9-6-12-26(30)31)25(17-22)27(32)29-19(2)23-11-5-8-20-7-3-4-10-24(20)23/h3-5,7-8,10-11,13-17,19H,6,9,12H2,1-2H3,(H,29,32)(H,30,31)/t19-/m1/s1. The van der Waals surface area contributed by atoms with Crippen LogP contribution in [0.4, 0.5) is 0 Å². The van der Waals surface area contributed by atoms with E-state index in [0.717, 1.165) is 32.5 Å². The molecule has 0 saturated carbocycles. The molecular formula is C28H27NO4S. The van der Waals surface area contributed by atoms with Gasteiger partial charge >= 0.3 is 5.97 Å². The smallest absolute Gasteiger partial charge is 0.303 e. The fourth-order valence-electron chi connectivity index (χ4n) is 4.03. The Bertz CT molecular complexity index is 1320. The first-order chi connectivity index (χ1) is 16.4. The van der Waals surface area contributed by atoms with Crippen LogP contribution < -0.4 is 10.1 Å². The molecule has 0 aliphatic heterocycles. The fourth-order valence-corrected chi connectivity index (χ4v) is 4.82. The van der Waals surface area contributed by atoms with Gasteiger partial charge in [-0.05, 0) is 72.2 Å². The lowest BCUT2D eigenvalue weighted by molar-refractivity contribution is -0.137. The summed E-state index contributed by atoms with van der Waals surface area (Å²) < 4.78 is 6.03. The van der Waals surface area contributed by atoms with E-state index < -0.39 is 5.97 Å². The summed E-state index contributed by atoms with van der Waals surface area (Å²) in [5.41, 5.74) is 3.38. The first-order valence-corrected chi connectivity index (χ1v) is 12.2. The molecule has 1 amide bonds. The summed E-state index contributed by atoms with van der Waals surface area (Å²) in [6, 6.07) is 21.4. The number of thiophene rings is 1. The highest BCUT2D eigenvalue weighted by Crippen LogP contribution is 2.32. The van der Waals surface area contributed by atoms with E-state index in [1.165, 1.54) is 11.3 Å². The highest BCUT2D eigenvalue weighted by Gasteiger charge is 2.18. The van der Waals surface area contributed by atoms with Crippen LogP contribution >= 0.6 is 11.3 Å². The number of rotatable bonds is 9. The molecule has 0 aliphatic rings. The monoisotopic (exact) mass is 473 g/mol. The summed E-state index contributed by atoms with van der Waals surface area (Å²) in [5.74, 6) is -0.474. The molecule has 5 nitrogen and oxygen atoms in total. The van der Waals surface area contributed by atoms with E-state index >= 15 is 0 Å². The van der Waals surface area contributed by atoms with Crippen molar-refractivity contribution in [2.45, 2.75) is 39.2 Å². The molecule has 4 aromatic rings. The van der Waals surface area contributed by atoms with E-state index in [0.29, 0.717) is 24.2 Å². The molecule has 1 aromatic heterocycles. The lowest BCUT2D eigenvalue weighted by Gasteiger charge is -2.18. The largest absolute Gasteiger partial charge is 0.481 e. The molecule has 0 saturated heterocycles. The number of aliphatic carboxylic acids is 1. The number of carboxylic acid groups (broad SMARTS) is 1. The van der Waals surface area contributed by atoms with Crippen molar-refractivity contribution in [2.24, 2.45) is 0 Å².